The number of nitrogens with two attached hydrogens (primary N) is 1. The van der Waals surface area contributed by atoms with E-state index in [2.05, 4.69) is 29.1 Å². The maximum absolute atomic E-state index is 12.6. The van der Waals surface area contributed by atoms with Gasteiger partial charge < -0.3 is 15.6 Å². The van der Waals surface area contributed by atoms with Crippen LogP contribution in [0.5, 0.6) is 0 Å². The molecule has 2 aromatic heterocycles. The number of nitrogens with zero attached hydrogens (tertiary/aromatic N) is 3. The minimum Gasteiger partial charge on any atom is -0.366 e. The number of primary amides is 1. The molecule has 0 bridgehead atoms. The Hall–Kier alpha value is -3.48. The fourth-order valence-electron chi connectivity index (χ4n) is 3.34. The van der Waals surface area contributed by atoms with Gasteiger partial charge in [0.25, 0.3) is 5.91 Å². The first-order valence-corrected chi connectivity index (χ1v) is 9.95. The van der Waals surface area contributed by atoms with Gasteiger partial charge in [0.2, 0.25) is 5.91 Å². The Kier molecular flexibility index (Phi) is 6.30. The summed E-state index contributed by atoms with van der Waals surface area (Å²) in [5.41, 5.74) is 9.04. The van der Waals surface area contributed by atoms with E-state index in [1.165, 1.54) is 0 Å². The summed E-state index contributed by atoms with van der Waals surface area (Å²) >= 11 is 0. The topological polar surface area (TPSA) is 103 Å². The van der Waals surface area contributed by atoms with Crippen LogP contribution >= 0.6 is 0 Å². The molecule has 0 aliphatic heterocycles. The second kappa shape index (κ2) is 8.90. The highest BCUT2D eigenvalue weighted by Gasteiger charge is 2.19. The number of aromatic nitrogens is 3. The molecule has 0 spiro atoms. The number of carbonyl (C=O) groups is 2. The van der Waals surface area contributed by atoms with Gasteiger partial charge in [-0.2, -0.15) is 0 Å². The second-order valence-corrected chi connectivity index (χ2v) is 7.63. The fraction of sp³-hybridized carbons (Fsp3) is 0.304. The summed E-state index contributed by atoms with van der Waals surface area (Å²) in [5, 5.41) is 2.99. The maximum Gasteiger partial charge on any atom is 0.250 e. The Morgan fingerprint density at radius 3 is 2.40 bits per heavy atom. The van der Waals surface area contributed by atoms with Crippen molar-refractivity contribution in [3.05, 3.63) is 71.4 Å². The van der Waals surface area contributed by atoms with Gasteiger partial charge in [0.1, 0.15) is 11.9 Å². The molecule has 0 saturated heterocycles. The number of benzene rings is 1. The van der Waals surface area contributed by atoms with E-state index in [4.69, 9.17) is 5.73 Å². The van der Waals surface area contributed by atoms with Gasteiger partial charge in [-0.1, -0.05) is 38.1 Å². The summed E-state index contributed by atoms with van der Waals surface area (Å²) in [7, 11) is 0. The van der Waals surface area contributed by atoms with E-state index in [0.29, 0.717) is 17.8 Å². The quantitative estimate of drug-likeness (QED) is 0.629. The standard InChI is InChI=1S/C23H27N5O2/c1-14(2)22-25-11-12-28(22)16(4)23(30)26-13-17-5-7-18(8-6-17)20-10-9-19(21(24)29)15(3)27-20/h5-12,14,16H,13H2,1-4H3,(H2,24,29)(H,26,30)/t16-/m1/s1. The average molecular weight is 406 g/mol. The average Bonchev–Trinajstić information content (AvgIpc) is 3.21. The molecule has 0 unspecified atom stereocenters. The first-order valence-electron chi connectivity index (χ1n) is 9.95. The van der Waals surface area contributed by atoms with Crippen LogP contribution in [0.2, 0.25) is 0 Å². The van der Waals surface area contributed by atoms with Gasteiger partial charge in [-0.25, -0.2) is 4.98 Å². The number of rotatable bonds is 7. The van der Waals surface area contributed by atoms with E-state index in [-0.39, 0.29) is 17.9 Å². The van der Waals surface area contributed by atoms with Crippen molar-refractivity contribution in [2.75, 3.05) is 0 Å². The van der Waals surface area contributed by atoms with Crippen LogP contribution in [0.1, 0.15) is 60.2 Å². The fourth-order valence-corrected chi connectivity index (χ4v) is 3.34. The monoisotopic (exact) mass is 405 g/mol. The zero-order valence-electron chi connectivity index (χ0n) is 17.7. The van der Waals surface area contributed by atoms with Crippen molar-refractivity contribution in [3.8, 4) is 11.3 Å². The zero-order valence-corrected chi connectivity index (χ0v) is 17.7. The van der Waals surface area contributed by atoms with Crippen molar-refractivity contribution in [1.82, 2.24) is 19.9 Å². The molecule has 0 radical (unpaired) electrons. The number of aryl methyl sites for hydroxylation is 1. The van der Waals surface area contributed by atoms with Crippen molar-refractivity contribution in [1.29, 1.82) is 0 Å². The molecular weight excluding hydrogens is 378 g/mol. The van der Waals surface area contributed by atoms with Crippen molar-refractivity contribution in [3.63, 3.8) is 0 Å². The highest BCUT2D eigenvalue weighted by Crippen LogP contribution is 2.20. The summed E-state index contributed by atoms with van der Waals surface area (Å²) in [5.74, 6) is 0.602. The third kappa shape index (κ3) is 4.56. The predicted molar refractivity (Wildman–Crippen MR) is 116 cm³/mol. The zero-order chi connectivity index (χ0) is 21.8. The van der Waals surface area contributed by atoms with Crippen LogP contribution in [0.3, 0.4) is 0 Å². The third-order valence-corrected chi connectivity index (χ3v) is 5.08. The van der Waals surface area contributed by atoms with E-state index in [0.717, 1.165) is 22.6 Å². The van der Waals surface area contributed by atoms with Gasteiger partial charge in [-0.15, -0.1) is 0 Å². The number of imidazole rings is 1. The maximum atomic E-state index is 12.6. The Morgan fingerprint density at radius 1 is 1.10 bits per heavy atom. The molecule has 3 rings (SSSR count). The first kappa shape index (κ1) is 21.2. The van der Waals surface area contributed by atoms with Crippen molar-refractivity contribution < 1.29 is 9.59 Å². The number of hydrogen-bond acceptors (Lipinski definition) is 4. The van der Waals surface area contributed by atoms with Crippen LogP contribution in [0.15, 0.2) is 48.8 Å². The number of carbonyl (C=O) groups excluding carboxylic acids is 2. The summed E-state index contributed by atoms with van der Waals surface area (Å²) in [6.07, 6.45) is 3.57. The van der Waals surface area contributed by atoms with E-state index in [1.54, 1.807) is 25.3 Å². The van der Waals surface area contributed by atoms with Gasteiger partial charge in [-0.3, -0.25) is 14.6 Å². The van der Waals surface area contributed by atoms with Crippen LogP contribution in [0, 0.1) is 6.92 Å². The largest absolute Gasteiger partial charge is 0.366 e. The molecule has 2 heterocycles. The highest BCUT2D eigenvalue weighted by atomic mass is 16.2. The van der Waals surface area contributed by atoms with E-state index in [9.17, 15) is 9.59 Å². The lowest BCUT2D eigenvalue weighted by Crippen LogP contribution is -2.31. The van der Waals surface area contributed by atoms with Crippen LogP contribution in [0.25, 0.3) is 11.3 Å². The van der Waals surface area contributed by atoms with E-state index >= 15 is 0 Å². The molecule has 0 fully saturated rings. The minimum atomic E-state index is -0.483. The lowest BCUT2D eigenvalue weighted by atomic mass is 10.1. The molecule has 2 amide bonds. The summed E-state index contributed by atoms with van der Waals surface area (Å²) < 4.78 is 1.91. The molecule has 3 N–H and O–H groups in total. The summed E-state index contributed by atoms with van der Waals surface area (Å²) in [4.78, 5) is 32.8. The Morgan fingerprint density at radius 2 is 1.80 bits per heavy atom. The normalized spacial score (nSPS) is 12.0. The van der Waals surface area contributed by atoms with Crippen molar-refractivity contribution in [2.45, 2.75) is 46.2 Å². The molecule has 1 atom stereocenters. The van der Waals surface area contributed by atoms with Crippen molar-refractivity contribution >= 4 is 11.8 Å². The van der Waals surface area contributed by atoms with Crippen LogP contribution in [0.4, 0.5) is 0 Å². The molecule has 7 heteroatoms. The number of hydrogen-bond donors (Lipinski definition) is 2. The smallest absolute Gasteiger partial charge is 0.250 e. The van der Waals surface area contributed by atoms with Gasteiger partial charge >= 0.3 is 0 Å². The molecule has 3 aromatic rings. The molecule has 30 heavy (non-hydrogen) atoms. The van der Waals surface area contributed by atoms with Gasteiger partial charge in [0.15, 0.2) is 0 Å². The molecule has 156 valence electrons. The van der Waals surface area contributed by atoms with Crippen LogP contribution < -0.4 is 11.1 Å². The Bertz CT molecular complexity index is 1050. The summed E-state index contributed by atoms with van der Waals surface area (Å²) in [6, 6.07) is 10.9. The predicted octanol–water partition coefficient (Wildman–Crippen LogP) is 3.35. The highest BCUT2D eigenvalue weighted by molar-refractivity contribution is 5.94. The van der Waals surface area contributed by atoms with Crippen LogP contribution in [-0.2, 0) is 11.3 Å². The molecule has 7 nitrogen and oxygen atoms in total. The third-order valence-electron chi connectivity index (χ3n) is 5.08. The van der Waals surface area contributed by atoms with Gasteiger partial charge in [0, 0.05) is 30.4 Å². The summed E-state index contributed by atoms with van der Waals surface area (Å²) in [6.45, 7) is 8.18. The van der Waals surface area contributed by atoms with Gasteiger partial charge in [0.05, 0.1) is 17.0 Å². The SMILES string of the molecule is Cc1nc(-c2ccc(CNC(=O)[C@@H](C)n3ccnc3C(C)C)cc2)ccc1C(N)=O. The molecule has 0 saturated carbocycles. The number of pyridine rings is 1. The lowest BCUT2D eigenvalue weighted by molar-refractivity contribution is -0.124. The molecular formula is C23H27N5O2. The van der Waals surface area contributed by atoms with Crippen molar-refractivity contribution in [2.24, 2.45) is 5.73 Å². The van der Waals surface area contributed by atoms with E-state index in [1.807, 2.05) is 42.0 Å². The molecule has 0 aliphatic rings. The number of nitrogens with one attached hydrogen (secondary N) is 1. The Balaban J connectivity index is 1.65. The van der Waals surface area contributed by atoms with Crippen LogP contribution in [-0.4, -0.2) is 26.3 Å². The molecule has 1 aromatic carbocycles. The number of amides is 2. The second-order valence-electron chi connectivity index (χ2n) is 7.63. The Labute approximate surface area is 176 Å². The minimum absolute atomic E-state index is 0.0571. The first-order chi connectivity index (χ1) is 14.3. The van der Waals surface area contributed by atoms with Gasteiger partial charge in [-0.05, 0) is 31.5 Å². The lowest BCUT2D eigenvalue weighted by Gasteiger charge is -2.18. The molecule has 0 aliphatic carbocycles. The van der Waals surface area contributed by atoms with E-state index < -0.39 is 5.91 Å².